The first kappa shape index (κ1) is 22.7. The van der Waals surface area contributed by atoms with Gasteiger partial charge in [-0.1, -0.05) is 23.7 Å². The maximum Gasteiger partial charge on any atom is 0.338 e. The van der Waals surface area contributed by atoms with Gasteiger partial charge in [-0.05, 0) is 75.5 Å². The molecule has 1 N–H and O–H groups in total. The predicted molar refractivity (Wildman–Crippen MR) is 132 cm³/mol. The fraction of sp³-hybridized carbons (Fsp3) is 0.167. The third-order valence-electron chi connectivity index (χ3n) is 5.18. The van der Waals surface area contributed by atoms with E-state index >= 15 is 0 Å². The van der Waals surface area contributed by atoms with Crippen LogP contribution in [0, 0.1) is 18.6 Å². The average Bonchev–Trinajstić information content (AvgIpc) is 3.31. The number of carbonyl (C=O) groups excluding carboxylic acids is 1. The van der Waals surface area contributed by atoms with Crippen molar-refractivity contribution >= 4 is 36.0 Å². The number of esters is 1. The molecule has 2 aromatic carbocycles. The maximum absolute atomic E-state index is 11.9. The van der Waals surface area contributed by atoms with Gasteiger partial charge in [0.2, 0.25) is 4.77 Å². The summed E-state index contributed by atoms with van der Waals surface area (Å²) in [4.78, 5) is 11.9. The lowest BCUT2D eigenvalue weighted by Gasteiger charge is -2.10. The van der Waals surface area contributed by atoms with Crippen molar-refractivity contribution in [3.05, 3.63) is 86.9 Å². The van der Waals surface area contributed by atoms with Crippen molar-refractivity contribution in [2.75, 3.05) is 6.61 Å². The third-order valence-corrected chi connectivity index (χ3v) is 5.78. The molecule has 0 amide bonds. The Balaban J connectivity index is 1.67. The fourth-order valence-corrected chi connectivity index (χ4v) is 4.01. The van der Waals surface area contributed by atoms with Crippen molar-refractivity contribution in [1.82, 2.24) is 19.4 Å². The second kappa shape index (κ2) is 9.56. The number of rotatable bonds is 6. The predicted octanol–water partition coefficient (Wildman–Crippen LogP) is 5.73. The first-order chi connectivity index (χ1) is 15.9. The second-order valence-electron chi connectivity index (χ2n) is 7.32. The first-order valence-electron chi connectivity index (χ1n) is 10.3. The standard InChI is InChI=1S/C24H22ClN5O2S/c1-4-32-23(31)17-9-11-19(12-10-17)29-15(2)13-18(16(29)3)14-26-30-22(27-28-24(30)33)20-7-5-6-8-21(20)25/h5-14H,4H2,1-3H3,(H,28,33)/b26-14-. The monoisotopic (exact) mass is 479 g/mol. The molecule has 0 unspecified atom stereocenters. The van der Waals surface area contributed by atoms with Gasteiger partial charge in [0.25, 0.3) is 0 Å². The number of benzene rings is 2. The van der Waals surface area contributed by atoms with Gasteiger partial charge in [-0.2, -0.15) is 14.9 Å². The van der Waals surface area contributed by atoms with Gasteiger partial charge in [-0.15, -0.1) is 0 Å². The zero-order chi connectivity index (χ0) is 23.5. The van der Waals surface area contributed by atoms with E-state index < -0.39 is 0 Å². The highest BCUT2D eigenvalue weighted by Crippen LogP contribution is 2.26. The van der Waals surface area contributed by atoms with Crippen LogP contribution in [0.5, 0.6) is 0 Å². The molecule has 0 saturated carbocycles. The van der Waals surface area contributed by atoms with Gasteiger partial charge in [-0.3, -0.25) is 0 Å². The van der Waals surface area contributed by atoms with Crippen LogP contribution in [0.15, 0.2) is 59.7 Å². The number of halogens is 1. The number of H-pyrrole nitrogens is 1. The van der Waals surface area contributed by atoms with Crippen molar-refractivity contribution in [3.8, 4) is 17.1 Å². The smallest absolute Gasteiger partial charge is 0.338 e. The molecule has 168 valence electrons. The van der Waals surface area contributed by atoms with Crippen LogP contribution in [0.1, 0.15) is 34.2 Å². The van der Waals surface area contributed by atoms with Crippen LogP contribution in [-0.2, 0) is 4.74 Å². The quantitative estimate of drug-likeness (QED) is 0.218. The summed E-state index contributed by atoms with van der Waals surface area (Å²) in [6.07, 6.45) is 1.75. The molecule has 0 aliphatic heterocycles. The van der Waals surface area contributed by atoms with Crippen LogP contribution in [0.2, 0.25) is 5.02 Å². The maximum atomic E-state index is 11.9. The highest BCUT2D eigenvalue weighted by molar-refractivity contribution is 7.71. The van der Waals surface area contributed by atoms with Gasteiger partial charge in [0.1, 0.15) is 0 Å². The summed E-state index contributed by atoms with van der Waals surface area (Å²) < 4.78 is 9.08. The molecule has 9 heteroatoms. The number of nitrogens with zero attached hydrogens (tertiary/aromatic N) is 4. The summed E-state index contributed by atoms with van der Waals surface area (Å²) in [5, 5.41) is 12.2. The lowest BCUT2D eigenvalue weighted by Crippen LogP contribution is -2.05. The van der Waals surface area contributed by atoms with Crippen LogP contribution in [0.25, 0.3) is 17.1 Å². The molecular weight excluding hydrogens is 458 g/mol. The molecule has 0 fully saturated rings. The van der Waals surface area contributed by atoms with Gasteiger partial charge >= 0.3 is 5.97 Å². The molecule has 0 spiro atoms. The Bertz CT molecular complexity index is 1400. The summed E-state index contributed by atoms with van der Waals surface area (Å²) >= 11 is 11.7. The molecule has 0 atom stereocenters. The molecule has 4 rings (SSSR count). The Hall–Kier alpha value is -3.49. The van der Waals surface area contributed by atoms with E-state index in [1.54, 1.807) is 36.0 Å². The summed E-state index contributed by atoms with van der Waals surface area (Å²) in [7, 11) is 0. The average molecular weight is 480 g/mol. The number of carbonyl (C=O) groups is 1. The lowest BCUT2D eigenvalue weighted by molar-refractivity contribution is 0.0526. The van der Waals surface area contributed by atoms with Crippen molar-refractivity contribution in [1.29, 1.82) is 0 Å². The molecule has 2 heterocycles. The highest BCUT2D eigenvalue weighted by atomic mass is 35.5. The molecular formula is C24H22ClN5O2S. The van der Waals surface area contributed by atoms with E-state index in [2.05, 4.69) is 19.9 Å². The third kappa shape index (κ3) is 4.53. The van der Waals surface area contributed by atoms with Gasteiger partial charge in [0, 0.05) is 28.2 Å². The Labute approximate surface area is 201 Å². The minimum atomic E-state index is -0.330. The largest absolute Gasteiger partial charge is 0.462 e. The number of hydrogen-bond acceptors (Lipinski definition) is 5. The van der Waals surface area contributed by atoms with Gasteiger partial charge in [0.15, 0.2) is 5.82 Å². The van der Waals surface area contributed by atoms with E-state index in [0.717, 1.165) is 28.2 Å². The molecule has 2 aromatic heterocycles. The van der Waals surface area contributed by atoms with Crippen LogP contribution in [-0.4, -0.2) is 38.2 Å². The zero-order valence-corrected chi connectivity index (χ0v) is 19.9. The van der Waals surface area contributed by atoms with E-state index in [1.807, 2.05) is 50.2 Å². The summed E-state index contributed by atoms with van der Waals surface area (Å²) in [5.41, 5.74) is 5.14. The van der Waals surface area contributed by atoms with Crippen LogP contribution >= 0.6 is 23.8 Å². The topological polar surface area (TPSA) is 77.2 Å². The summed E-state index contributed by atoms with van der Waals surface area (Å²) in [6.45, 7) is 6.16. The number of nitrogens with one attached hydrogen (secondary N) is 1. The normalized spacial score (nSPS) is 11.3. The van der Waals surface area contributed by atoms with Crippen LogP contribution in [0.4, 0.5) is 0 Å². The van der Waals surface area contributed by atoms with Crippen LogP contribution in [0.3, 0.4) is 0 Å². The van der Waals surface area contributed by atoms with E-state index in [-0.39, 0.29) is 5.97 Å². The minimum absolute atomic E-state index is 0.330. The Morgan fingerprint density at radius 2 is 1.94 bits per heavy atom. The summed E-state index contributed by atoms with van der Waals surface area (Å²) in [6, 6.07) is 16.8. The summed E-state index contributed by atoms with van der Waals surface area (Å²) in [5.74, 6) is 0.203. The molecule has 0 aliphatic rings. The Morgan fingerprint density at radius 3 is 2.64 bits per heavy atom. The van der Waals surface area contributed by atoms with Gasteiger partial charge < -0.3 is 9.30 Å². The molecule has 0 saturated heterocycles. The molecule has 0 aliphatic carbocycles. The van der Waals surface area contributed by atoms with Crippen molar-refractivity contribution in [2.45, 2.75) is 20.8 Å². The second-order valence-corrected chi connectivity index (χ2v) is 8.11. The SMILES string of the molecule is CCOC(=O)c1ccc(-n2c(C)cc(/C=N\n3c(-c4ccccc4Cl)n[nH]c3=S)c2C)cc1. The lowest BCUT2D eigenvalue weighted by atomic mass is 10.2. The van der Waals surface area contributed by atoms with Crippen molar-refractivity contribution in [3.63, 3.8) is 0 Å². The Kier molecular flexibility index (Phi) is 6.57. The first-order valence-corrected chi connectivity index (χ1v) is 11.1. The molecule has 0 bridgehead atoms. The van der Waals surface area contributed by atoms with E-state index in [0.29, 0.717) is 27.8 Å². The molecule has 33 heavy (non-hydrogen) atoms. The zero-order valence-electron chi connectivity index (χ0n) is 18.4. The Morgan fingerprint density at radius 1 is 1.21 bits per heavy atom. The van der Waals surface area contributed by atoms with Crippen molar-refractivity contribution in [2.24, 2.45) is 5.10 Å². The number of ether oxygens (including phenoxy) is 1. The highest BCUT2D eigenvalue weighted by Gasteiger charge is 2.14. The molecule has 0 radical (unpaired) electrons. The molecule has 7 nitrogen and oxygen atoms in total. The fourth-order valence-electron chi connectivity index (χ4n) is 3.61. The number of hydrogen-bond donors (Lipinski definition) is 1. The van der Waals surface area contributed by atoms with Gasteiger partial charge in [-0.25, -0.2) is 9.89 Å². The van der Waals surface area contributed by atoms with Gasteiger partial charge in [0.05, 0.1) is 23.4 Å². The molecule has 4 aromatic rings. The number of aryl methyl sites for hydroxylation is 1. The van der Waals surface area contributed by atoms with E-state index in [9.17, 15) is 4.79 Å². The number of aromatic nitrogens is 4. The number of aromatic amines is 1. The van der Waals surface area contributed by atoms with E-state index in [4.69, 9.17) is 28.6 Å². The minimum Gasteiger partial charge on any atom is -0.462 e. The van der Waals surface area contributed by atoms with Crippen LogP contribution < -0.4 is 0 Å². The van der Waals surface area contributed by atoms with E-state index in [1.165, 1.54) is 0 Å². The van der Waals surface area contributed by atoms with Crippen molar-refractivity contribution < 1.29 is 9.53 Å².